The molecule has 1 aromatic carbocycles. The molecule has 1 atom stereocenters. The van der Waals surface area contributed by atoms with Gasteiger partial charge in [0.25, 0.3) is 5.91 Å². The van der Waals surface area contributed by atoms with E-state index >= 15 is 0 Å². The van der Waals surface area contributed by atoms with E-state index < -0.39 is 23.8 Å². The van der Waals surface area contributed by atoms with Crippen molar-refractivity contribution in [2.24, 2.45) is 0 Å². The molecule has 0 aliphatic carbocycles. The Morgan fingerprint density at radius 2 is 2.04 bits per heavy atom. The number of ether oxygens (including phenoxy) is 1. The Labute approximate surface area is 141 Å². The first-order chi connectivity index (χ1) is 10.9. The van der Waals surface area contributed by atoms with Crippen LogP contribution in [0.15, 0.2) is 36.5 Å². The smallest absolute Gasteiger partial charge is 0.342 e. The molecule has 0 saturated carbocycles. The standard InChI is InChI=1S/C15H11Cl2FN2O3/c1-8(23-15(22)10-3-2-6-19-13(10)17)14(21)20-12-5-4-9(18)7-11(12)16/h2-8H,1H3,(H,20,21)/t8-/m0/s1. The van der Waals surface area contributed by atoms with Crippen molar-refractivity contribution in [3.05, 3.63) is 58.1 Å². The highest BCUT2D eigenvalue weighted by Gasteiger charge is 2.21. The molecule has 0 unspecified atom stereocenters. The number of benzene rings is 1. The lowest BCUT2D eigenvalue weighted by Gasteiger charge is -2.14. The number of halogens is 3. The third-order valence-electron chi connectivity index (χ3n) is 2.82. The fraction of sp³-hybridized carbons (Fsp3) is 0.133. The van der Waals surface area contributed by atoms with Gasteiger partial charge in [0, 0.05) is 6.20 Å². The molecule has 1 N–H and O–H groups in total. The minimum atomic E-state index is -1.11. The number of rotatable bonds is 4. The lowest BCUT2D eigenvalue weighted by Crippen LogP contribution is -2.30. The number of hydrogen-bond acceptors (Lipinski definition) is 4. The average molecular weight is 357 g/mol. The van der Waals surface area contributed by atoms with Crippen molar-refractivity contribution in [2.75, 3.05) is 5.32 Å². The molecule has 2 aromatic rings. The van der Waals surface area contributed by atoms with Crippen LogP contribution in [0.1, 0.15) is 17.3 Å². The molecular weight excluding hydrogens is 346 g/mol. The molecule has 1 amide bonds. The SMILES string of the molecule is C[C@H](OC(=O)c1cccnc1Cl)C(=O)Nc1ccc(F)cc1Cl. The zero-order valence-electron chi connectivity index (χ0n) is 11.8. The van der Waals surface area contributed by atoms with Crippen molar-refractivity contribution in [3.8, 4) is 0 Å². The van der Waals surface area contributed by atoms with E-state index in [0.717, 1.165) is 12.1 Å². The lowest BCUT2D eigenvalue weighted by molar-refractivity contribution is -0.123. The van der Waals surface area contributed by atoms with Gasteiger partial charge in [-0.1, -0.05) is 23.2 Å². The van der Waals surface area contributed by atoms with Crippen molar-refractivity contribution < 1.29 is 18.7 Å². The van der Waals surface area contributed by atoms with E-state index in [-0.39, 0.29) is 21.4 Å². The summed E-state index contributed by atoms with van der Waals surface area (Å²) >= 11 is 11.6. The van der Waals surface area contributed by atoms with Gasteiger partial charge in [-0.3, -0.25) is 4.79 Å². The summed E-state index contributed by atoms with van der Waals surface area (Å²) in [5.74, 6) is -1.93. The monoisotopic (exact) mass is 356 g/mol. The van der Waals surface area contributed by atoms with E-state index in [1.807, 2.05) is 0 Å². The fourth-order valence-corrected chi connectivity index (χ4v) is 2.05. The predicted molar refractivity (Wildman–Crippen MR) is 84.2 cm³/mol. The van der Waals surface area contributed by atoms with Crippen molar-refractivity contribution in [1.82, 2.24) is 4.98 Å². The van der Waals surface area contributed by atoms with Gasteiger partial charge in [0.1, 0.15) is 11.0 Å². The third-order valence-corrected chi connectivity index (χ3v) is 3.43. The summed E-state index contributed by atoms with van der Waals surface area (Å²) < 4.78 is 18.0. The first-order valence-corrected chi connectivity index (χ1v) is 7.21. The van der Waals surface area contributed by atoms with Gasteiger partial charge in [-0.05, 0) is 37.3 Å². The maximum Gasteiger partial charge on any atom is 0.342 e. The van der Waals surface area contributed by atoms with E-state index in [2.05, 4.69) is 10.3 Å². The molecule has 0 aliphatic heterocycles. The summed E-state index contributed by atoms with van der Waals surface area (Å²) in [7, 11) is 0. The number of aromatic nitrogens is 1. The minimum absolute atomic E-state index is 0.0216. The maximum atomic E-state index is 13.0. The summed E-state index contributed by atoms with van der Waals surface area (Å²) in [5.41, 5.74) is 0.258. The summed E-state index contributed by atoms with van der Waals surface area (Å²) in [4.78, 5) is 27.7. The van der Waals surface area contributed by atoms with Gasteiger partial charge in [-0.15, -0.1) is 0 Å². The molecule has 1 aromatic heterocycles. The summed E-state index contributed by atoms with van der Waals surface area (Å²) in [6.07, 6.45) is 0.311. The van der Waals surface area contributed by atoms with E-state index in [1.165, 1.54) is 31.3 Å². The Morgan fingerprint density at radius 1 is 1.30 bits per heavy atom. The number of nitrogens with zero attached hydrogens (tertiary/aromatic N) is 1. The van der Waals surface area contributed by atoms with Crippen molar-refractivity contribution in [3.63, 3.8) is 0 Å². The van der Waals surface area contributed by atoms with Crippen LogP contribution in [-0.4, -0.2) is 23.0 Å². The molecule has 120 valence electrons. The summed E-state index contributed by atoms with van der Waals surface area (Å²) in [5, 5.41) is 2.46. The van der Waals surface area contributed by atoms with Crippen LogP contribution in [-0.2, 0) is 9.53 Å². The minimum Gasteiger partial charge on any atom is -0.449 e. The van der Waals surface area contributed by atoms with Crippen molar-refractivity contribution in [1.29, 1.82) is 0 Å². The summed E-state index contributed by atoms with van der Waals surface area (Å²) in [6.45, 7) is 1.38. The Hall–Kier alpha value is -2.18. The second-order valence-electron chi connectivity index (χ2n) is 4.50. The van der Waals surface area contributed by atoms with Crippen LogP contribution in [0.2, 0.25) is 10.2 Å². The van der Waals surface area contributed by atoms with E-state index in [0.29, 0.717) is 0 Å². The molecule has 5 nitrogen and oxygen atoms in total. The Bertz CT molecular complexity index is 755. The molecule has 23 heavy (non-hydrogen) atoms. The van der Waals surface area contributed by atoms with Crippen LogP contribution in [0.5, 0.6) is 0 Å². The van der Waals surface area contributed by atoms with E-state index in [4.69, 9.17) is 27.9 Å². The number of nitrogens with one attached hydrogen (secondary N) is 1. The van der Waals surface area contributed by atoms with Gasteiger partial charge < -0.3 is 10.1 Å². The molecular formula is C15H11Cl2FN2O3. The van der Waals surface area contributed by atoms with Crippen LogP contribution < -0.4 is 5.32 Å². The second kappa shape index (κ2) is 7.39. The van der Waals surface area contributed by atoms with E-state index in [9.17, 15) is 14.0 Å². The maximum absolute atomic E-state index is 13.0. The van der Waals surface area contributed by atoms with Crippen LogP contribution in [0.25, 0.3) is 0 Å². The van der Waals surface area contributed by atoms with Crippen molar-refractivity contribution in [2.45, 2.75) is 13.0 Å². The quantitative estimate of drug-likeness (QED) is 0.669. The highest BCUT2D eigenvalue weighted by molar-refractivity contribution is 6.33. The molecule has 0 aliphatic rings. The average Bonchev–Trinajstić information content (AvgIpc) is 2.50. The predicted octanol–water partition coefficient (Wildman–Crippen LogP) is 3.71. The number of hydrogen-bond donors (Lipinski definition) is 1. The molecule has 1 heterocycles. The molecule has 0 saturated heterocycles. The first-order valence-electron chi connectivity index (χ1n) is 6.46. The summed E-state index contributed by atoms with van der Waals surface area (Å²) in [6, 6.07) is 6.46. The zero-order chi connectivity index (χ0) is 17.0. The highest BCUT2D eigenvalue weighted by Crippen LogP contribution is 2.23. The first kappa shape index (κ1) is 17.2. The van der Waals surface area contributed by atoms with Crippen LogP contribution >= 0.6 is 23.2 Å². The van der Waals surface area contributed by atoms with Gasteiger partial charge in [0.2, 0.25) is 0 Å². The van der Waals surface area contributed by atoms with Gasteiger partial charge in [0.15, 0.2) is 6.10 Å². The Morgan fingerprint density at radius 3 is 2.70 bits per heavy atom. The highest BCUT2D eigenvalue weighted by atomic mass is 35.5. The fourth-order valence-electron chi connectivity index (χ4n) is 1.64. The van der Waals surface area contributed by atoms with E-state index in [1.54, 1.807) is 0 Å². The lowest BCUT2D eigenvalue weighted by atomic mass is 10.2. The van der Waals surface area contributed by atoms with Crippen molar-refractivity contribution >= 4 is 40.8 Å². The topological polar surface area (TPSA) is 68.3 Å². The zero-order valence-corrected chi connectivity index (χ0v) is 13.4. The number of carbonyl (C=O) groups is 2. The third kappa shape index (κ3) is 4.40. The molecule has 8 heteroatoms. The number of carbonyl (C=O) groups excluding carboxylic acids is 2. The van der Waals surface area contributed by atoms with Crippen LogP contribution in [0.4, 0.5) is 10.1 Å². The number of esters is 1. The van der Waals surface area contributed by atoms with Gasteiger partial charge in [-0.25, -0.2) is 14.2 Å². The van der Waals surface area contributed by atoms with Gasteiger partial charge in [0.05, 0.1) is 16.3 Å². The molecule has 0 radical (unpaired) electrons. The normalized spacial score (nSPS) is 11.7. The second-order valence-corrected chi connectivity index (χ2v) is 5.27. The van der Waals surface area contributed by atoms with Gasteiger partial charge >= 0.3 is 5.97 Å². The molecule has 2 rings (SSSR count). The Kier molecular flexibility index (Phi) is 5.52. The van der Waals surface area contributed by atoms with Crippen LogP contribution in [0.3, 0.4) is 0 Å². The van der Waals surface area contributed by atoms with Crippen LogP contribution in [0, 0.1) is 5.82 Å². The Balaban J connectivity index is 2.03. The van der Waals surface area contributed by atoms with Gasteiger partial charge in [-0.2, -0.15) is 0 Å². The number of pyridine rings is 1. The molecule has 0 fully saturated rings. The number of amides is 1. The number of anilines is 1. The largest absolute Gasteiger partial charge is 0.449 e. The molecule has 0 bridgehead atoms. The molecule has 0 spiro atoms.